The Morgan fingerprint density at radius 2 is 1.78 bits per heavy atom. The van der Waals surface area contributed by atoms with Crippen molar-refractivity contribution in [1.82, 2.24) is 19.6 Å². The molecule has 27 heavy (non-hydrogen) atoms. The number of nitrogens with one attached hydrogen (secondary N) is 1. The molecule has 1 aromatic heterocycles. The number of amides is 3. The lowest BCUT2D eigenvalue weighted by Gasteiger charge is -2.28. The van der Waals surface area contributed by atoms with Crippen LogP contribution in [0.1, 0.15) is 34.6 Å². The summed E-state index contributed by atoms with van der Waals surface area (Å²) in [4.78, 5) is 29.1. The lowest BCUT2D eigenvalue weighted by molar-refractivity contribution is 0.0784. The Labute approximate surface area is 162 Å². The summed E-state index contributed by atoms with van der Waals surface area (Å²) in [6, 6.07) is 6.81. The normalized spacial score (nSPS) is 16.4. The number of aryl methyl sites for hydroxylation is 1. The fourth-order valence-corrected chi connectivity index (χ4v) is 3.87. The van der Waals surface area contributed by atoms with Crippen LogP contribution in [0.4, 0.5) is 10.5 Å². The van der Waals surface area contributed by atoms with E-state index in [1.807, 2.05) is 11.9 Å². The standard InChI is InChI=1S/C19H22ClN5O2/c1-23-16-8-11-25(19(27)21-14-6-4-13(20)5-7-14)12-15(16)17(22-23)18(26)24-9-2-3-10-24/h4-7H,2-3,8-12H2,1H3,(H,21,27). The van der Waals surface area contributed by atoms with Gasteiger partial charge in [0.25, 0.3) is 5.91 Å². The molecule has 0 radical (unpaired) electrons. The number of fused-ring (bicyclic) bond motifs is 1. The molecule has 0 aliphatic carbocycles. The molecule has 0 saturated carbocycles. The average Bonchev–Trinajstić information content (AvgIpc) is 3.31. The van der Waals surface area contributed by atoms with E-state index in [0.29, 0.717) is 35.9 Å². The first-order chi connectivity index (χ1) is 13.0. The Hall–Kier alpha value is -2.54. The van der Waals surface area contributed by atoms with E-state index >= 15 is 0 Å². The number of anilines is 1. The zero-order valence-corrected chi connectivity index (χ0v) is 16.0. The molecule has 1 fully saturated rings. The lowest BCUT2D eigenvalue weighted by atomic mass is 10.0. The van der Waals surface area contributed by atoms with E-state index in [4.69, 9.17) is 11.6 Å². The van der Waals surface area contributed by atoms with Gasteiger partial charge in [0.1, 0.15) is 0 Å². The topological polar surface area (TPSA) is 70.5 Å². The highest BCUT2D eigenvalue weighted by Gasteiger charge is 2.32. The number of likely N-dealkylation sites (tertiary alicyclic amines) is 1. The predicted octanol–water partition coefficient (Wildman–Crippen LogP) is 2.90. The van der Waals surface area contributed by atoms with Crippen LogP contribution in [-0.2, 0) is 20.0 Å². The first-order valence-corrected chi connectivity index (χ1v) is 9.56. The summed E-state index contributed by atoms with van der Waals surface area (Å²) in [6.45, 7) is 2.54. The van der Waals surface area contributed by atoms with Crippen molar-refractivity contribution in [3.8, 4) is 0 Å². The third-order valence-corrected chi connectivity index (χ3v) is 5.47. The first-order valence-electron chi connectivity index (χ1n) is 9.18. The molecule has 1 aromatic carbocycles. The molecule has 0 bridgehead atoms. The monoisotopic (exact) mass is 387 g/mol. The summed E-state index contributed by atoms with van der Waals surface area (Å²) in [5.74, 6) is -0.0238. The van der Waals surface area contributed by atoms with Crippen LogP contribution in [0, 0.1) is 0 Å². The molecule has 142 valence electrons. The maximum absolute atomic E-state index is 12.9. The summed E-state index contributed by atoms with van der Waals surface area (Å²) >= 11 is 5.89. The van der Waals surface area contributed by atoms with E-state index in [9.17, 15) is 9.59 Å². The van der Waals surface area contributed by atoms with Gasteiger partial charge in [-0.2, -0.15) is 5.10 Å². The molecule has 7 nitrogen and oxygen atoms in total. The van der Waals surface area contributed by atoms with Gasteiger partial charge in [0, 0.05) is 55.1 Å². The van der Waals surface area contributed by atoms with Crippen LogP contribution in [0.3, 0.4) is 0 Å². The number of hydrogen-bond donors (Lipinski definition) is 1. The van der Waals surface area contributed by atoms with Gasteiger partial charge in [-0.15, -0.1) is 0 Å². The Kier molecular flexibility index (Phi) is 4.78. The number of halogens is 1. The summed E-state index contributed by atoms with van der Waals surface area (Å²) < 4.78 is 1.78. The third kappa shape index (κ3) is 3.51. The van der Waals surface area contributed by atoms with Crippen molar-refractivity contribution in [3.05, 3.63) is 46.2 Å². The fraction of sp³-hybridized carbons (Fsp3) is 0.421. The smallest absolute Gasteiger partial charge is 0.322 e. The number of carbonyl (C=O) groups excluding carboxylic acids is 2. The van der Waals surface area contributed by atoms with Crippen molar-refractivity contribution < 1.29 is 9.59 Å². The second kappa shape index (κ2) is 7.23. The van der Waals surface area contributed by atoms with Crippen LogP contribution < -0.4 is 5.32 Å². The van der Waals surface area contributed by atoms with Crippen LogP contribution in [0.5, 0.6) is 0 Å². The first kappa shape index (κ1) is 17.9. The molecule has 0 atom stereocenters. The molecule has 1 saturated heterocycles. The third-order valence-electron chi connectivity index (χ3n) is 5.22. The summed E-state index contributed by atoms with van der Waals surface area (Å²) in [5.41, 5.74) is 3.08. The van der Waals surface area contributed by atoms with Crippen LogP contribution in [0.2, 0.25) is 5.02 Å². The minimum Gasteiger partial charge on any atom is -0.337 e. The van der Waals surface area contributed by atoms with Crippen molar-refractivity contribution in [2.45, 2.75) is 25.8 Å². The minimum absolute atomic E-state index is 0.0238. The molecular formula is C19H22ClN5O2. The highest BCUT2D eigenvalue weighted by molar-refractivity contribution is 6.30. The molecule has 3 heterocycles. The number of benzene rings is 1. The average molecular weight is 388 g/mol. The van der Waals surface area contributed by atoms with Gasteiger partial charge in [0.2, 0.25) is 0 Å². The molecule has 1 N–H and O–H groups in total. The van der Waals surface area contributed by atoms with Gasteiger partial charge in [0.05, 0.1) is 6.54 Å². The van der Waals surface area contributed by atoms with Crippen molar-refractivity contribution in [2.75, 3.05) is 25.0 Å². The number of rotatable bonds is 2. The highest BCUT2D eigenvalue weighted by atomic mass is 35.5. The largest absolute Gasteiger partial charge is 0.337 e. The van der Waals surface area contributed by atoms with Crippen LogP contribution in [-0.4, -0.2) is 51.2 Å². The van der Waals surface area contributed by atoms with Gasteiger partial charge in [-0.05, 0) is 37.1 Å². The van der Waals surface area contributed by atoms with E-state index in [-0.39, 0.29) is 11.9 Å². The van der Waals surface area contributed by atoms with E-state index in [2.05, 4.69) is 10.4 Å². The zero-order chi connectivity index (χ0) is 19.0. The molecule has 2 aromatic rings. The van der Waals surface area contributed by atoms with Crippen LogP contribution in [0.15, 0.2) is 24.3 Å². The van der Waals surface area contributed by atoms with Gasteiger partial charge in [0.15, 0.2) is 5.69 Å². The molecular weight excluding hydrogens is 366 g/mol. The Morgan fingerprint density at radius 3 is 2.48 bits per heavy atom. The van der Waals surface area contributed by atoms with E-state index in [0.717, 1.165) is 37.2 Å². The maximum Gasteiger partial charge on any atom is 0.322 e. The summed E-state index contributed by atoms with van der Waals surface area (Å²) in [6.07, 6.45) is 2.76. The number of carbonyl (C=O) groups is 2. The number of urea groups is 1. The molecule has 0 spiro atoms. The Balaban J connectivity index is 1.52. The zero-order valence-electron chi connectivity index (χ0n) is 15.2. The van der Waals surface area contributed by atoms with Gasteiger partial charge in [-0.3, -0.25) is 9.48 Å². The van der Waals surface area contributed by atoms with Gasteiger partial charge in [-0.25, -0.2) is 4.79 Å². The van der Waals surface area contributed by atoms with Crippen molar-refractivity contribution in [3.63, 3.8) is 0 Å². The Morgan fingerprint density at radius 1 is 1.07 bits per heavy atom. The van der Waals surface area contributed by atoms with Gasteiger partial charge < -0.3 is 15.1 Å². The van der Waals surface area contributed by atoms with Crippen LogP contribution >= 0.6 is 11.6 Å². The maximum atomic E-state index is 12.9. The molecule has 0 unspecified atom stereocenters. The van der Waals surface area contributed by atoms with Crippen molar-refractivity contribution in [1.29, 1.82) is 0 Å². The molecule has 2 aliphatic heterocycles. The highest BCUT2D eigenvalue weighted by Crippen LogP contribution is 2.25. The number of hydrogen-bond acceptors (Lipinski definition) is 3. The van der Waals surface area contributed by atoms with E-state index in [1.165, 1.54) is 0 Å². The summed E-state index contributed by atoms with van der Waals surface area (Å²) in [7, 11) is 1.86. The van der Waals surface area contributed by atoms with Gasteiger partial charge in [-0.1, -0.05) is 11.6 Å². The van der Waals surface area contributed by atoms with Crippen LogP contribution in [0.25, 0.3) is 0 Å². The summed E-state index contributed by atoms with van der Waals surface area (Å²) in [5, 5.41) is 7.98. The fourth-order valence-electron chi connectivity index (χ4n) is 3.74. The van der Waals surface area contributed by atoms with Crippen molar-refractivity contribution in [2.24, 2.45) is 7.05 Å². The molecule has 3 amide bonds. The Bertz CT molecular complexity index is 871. The minimum atomic E-state index is -0.189. The second-order valence-corrected chi connectivity index (χ2v) is 7.44. The van der Waals surface area contributed by atoms with E-state index < -0.39 is 0 Å². The van der Waals surface area contributed by atoms with Crippen molar-refractivity contribution >= 4 is 29.2 Å². The predicted molar refractivity (Wildman–Crippen MR) is 103 cm³/mol. The number of nitrogens with zero attached hydrogens (tertiary/aromatic N) is 4. The molecule has 8 heteroatoms. The lowest BCUT2D eigenvalue weighted by Crippen LogP contribution is -2.40. The quantitative estimate of drug-likeness (QED) is 0.861. The second-order valence-electron chi connectivity index (χ2n) is 7.01. The molecule has 4 rings (SSSR count). The number of aromatic nitrogens is 2. The molecule has 2 aliphatic rings. The SMILES string of the molecule is Cn1nc(C(=O)N2CCCC2)c2c1CCN(C(=O)Nc1ccc(Cl)cc1)C2. The van der Waals surface area contributed by atoms with Gasteiger partial charge >= 0.3 is 6.03 Å². The van der Waals surface area contributed by atoms with E-state index in [1.54, 1.807) is 33.8 Å².